The van der Waals surface area contributed by atoms with Crippen molar-refractivity contribution >= 4 is 0 Å². The van der Waals surface area contributed by atoms with Crippen molar-refractivity contribution in [2.75, 3.05) is 45.9 Å². The van der Waals surface area contributed by atoms with Crippen molar-refractivity contribution in [1.82, 2.24) is 9.80 Å². The lowest BCUT2D eigenvalue weighted by molar-refractivity contribution is -0.306. The van der Waals surface area contributed by atoms with Gasteiger partial charge in [-0.05, 0) is 30.5 Å². The molecule has 1 heterocycles. The van der Waals surface area contributed by atoms with E-state index in [1.54, 1.807) is 6.08 Å². The fourth-order valence-electron chi connectivity index (χ4n) is 3.50. The third kappa shape index (κ3) is 6.87. The molecule has 1 aliphatic heterocycles. The summed E-state index contributed by atoms with van der Waals surface area (Å²) in [5, 5.41) is 0. The Morgan fingerprint density at radius 2 is 1.61 bits per heavy atom. The van der Waals surface area contributed by atoms with E-state index in [2.05, 4.69) is 14.5 Å². The number of rotatable bonds is 8. The molecule has 2 aliphatic rings. The Hall–Kier alpha value is -1.99. The number of hydrogen-bond acceptors (Lipinski definition) is 4. The van der Waals surface area contributed by atoms with E-state index >= 15 is 0 Å². The van der Waals surface area contributed by atoms with Crippen LogP contribution in [-0.4, -0.2) is 62.0 Å². The standard InChI is InChI=1S/C21H27F3N2O2/c22-21(23,24)28-20-9-5-4-6-18(20)10-11-25-12-14-26(15-13-25)16-17-27-19-7-2-1-3-8-19/h1-4,6-8H,5,9-17H2. The molecule has 0 saturated carbocycles. The molecule has 0 spiro atoms. The number of halogens is 3. The van der Waals surface area contributed by atoms with Crippen LogP contribution in [0.3, 0.4) is 0 Å². The topological polar surface area (TPSA) is 24.9 Å². The second-order valence-electron chi connectivity index (χ2n) is 7.03. The zero-order valence-electron chi connectivity index (χ0n) is 16.0. The van der Waals surface area contributed by atoms with Gasteiger partial charge in [0.1, 0.15) is 18.1 Å². The first-order chi connectivity index (χ1) is 13.5. The van der Waals surface area contributed by atoms with Gasteiger partial charge < -0.3 is 14.4 Å². The van der Waals surface area contributed by atoms with Gasteiger partial charge in [-0.2, -0.15) is 0 Å². The lowest BCUT2D eigenvalue weighted by Gasteiger charge is -2.34. The van der Waals surface area contributed by atoms with Crippen LogP contribution in [0.4, 0.5) is 13.2 Å². The molecule has 154 valence electrons. The van der Waals surface area contributed by atoms with Crippen molar-refractivity contribution in [3.63, 3.8) is 0 Å². The zero-order valence-corrected chi connectivity index (χ0v) is 16.0. The minimum atomic E-state index is -4.61. The summed E-state index contributed by atoms with van der Waals surface area (Å²) in [5.74, 6) is 0.957. The maximum atomic E-state index is 12.6. The number of para-hydroxylation sites is 1. The van der Waals surface area contributed by atoms with Gasteiger partial charge >= 0.3 is 6.36 Å². The summed E-state index contributed by atoms with van der Waals surface area (Å²) >= 11 is 0. The molecule has 4 nitrogen and oxygen atoms in total. The highest BCUT2D eigenvalue weighted by molar-refractivity contribution is 5.26. The SMILES string of the molecule is FC(F)(F)OC1=C(CCN2CCN(CCOc3ccccc3)CC2)C=CCC1. The minimum Gasteiger partial charge on any atom is -0.492 e. The highest BCUT2D eigenvalue weighted by Gasteiger charge is 2.33. The van der Waals surface area contributed by atoms with Gasteiger partial charge in [-0.1, -0.05) is 30.4 Å². The smallest absolute Gasteiger partial charge is 0.492 e. The van der Waals surface area contributed by atoms with E-state index in [9.17, 15) is 13.2 Å². The van der Waals surface area contributed by atoms with Crippen LogP contribution in [0, 0.1) is 0 Å². The van der Waals surface area contributed by atoms with Gasteiger partial charge in [0.15, 0.2) is 0 Å². The molecule has 28 heavy (non-hydrogen) atoms. The fraction of sp³-hybridized carbons (Fsp3) is 0.524. The maximum absolute atomic E-state index is 12.6. The van der Waals surface area contributed by atoms with Crippen LogP contribution in [0.15, 0.2) is 53.8 Å². The van der Waals surface area contributed by atoms with Crippen molar-refractivity contribution in [1.29, 1.82) is 0 Å². The molecule has 0 radical (unpaired) electrons. The summed E-state index contributed by atoms with van der Waals surface area (Å²) in [6.07, 6.45) is 0.586. The van der Waals surface area contributed by atoms with Crippen molar-refractivity contribution in [2.45, 2.75) is 25.6 Å². The minimum absolute atomic E-state index is 0.0756. The van der Waals surface area contributed by atoms with E-state index in [4.69, 9.17) is 4.74 Å². The molecule has 3 rings (SSSR count). The van der Waals surface area contributed by atoms with Crippen molar-refractivity contribution in [2.24, 2.45) is 0 Å². The number of nitrogens with zero attached hydrogens (tertiary/aromatic N) is 2. The molecule has 1 saturated heterocycles. The summed E-state index contributed by atoms with van der Waals surface area (Å²) < 4.78 is 47.6. The van der Waals surface area contributed by atoms with E-state index in [1.165, 1.54) is 0 Å². The van der Waals surface area contributed by atoms with Crippen molar-refractivity contribution in [3.05, 3.63) is 53.8 Å². The molecule has 0 N–H and O–H groups in total. The molecule has 0 aromatic heterocycles. The second-order valence-corrected chi connectivity index (χ2v) is 7.03. The Labute approximate surface area is 164 Å². The van der Waals surface area contributed by atoms with Gasteiger partial charge in [0.05, 0.1) is 0 Å². The first-order valence-corrected chi connectivity index (χ1v) is 9.76. The van der Waals surface area contributed by atoms with Gasteiger partial charge in [-0.25, -0.2) is 0 Å². The molecule has 0 unspecified atom stereocenters. The summed E-state index contributed by atoms with van der Waals surface area (Å²) in [7, 11) is 0. The lowest BCUT2D eigenvalue weighted by Crippen LogP contribution is -2.47. The number of alkyl halides is 3. The molecular formula is C21H27F3N2O2. The van der Waals surface area contributed by atoms with E-state index in [0.29, 0.717) is 31.4 Å². The molecule has 0 atom stereocenters. The van der Waals surface area contributed by atoms with E-state index in [0.717, 1.165) is 45.0 Å². The Morgan fingerprint density at radius 3 is 2.29 bits per heavy atom. The van der Waals surface area contributed by atoms with Gasteiger partial charge in [0.2, 0.25) is 0 Å². The normalized spacial score (nSPS) is 19.1. The van der Waals surface area contributed by atoms with Crippen LogP contribution in [0.25, 0.3) is 0 Å². The predicted molar refractivity (Wildman–Crippen MR) is 102 cm³/mol. The Balaban J connectivity index is 1.37. The monoisotopic (exact) mass is 396 g/mol. The van der Waals surface area contributed by atoms with Gasteiger partial charge in [0, 0.05) is 45.7 Å². The van der Waals surface area contributed by atoms with E-state index < -0.39 is 6.36 Å². The third-order valence-corrected chi connectivity index (χ3v) is 5.04. The van der Waals surface area contributed by atoms with Gasteiger partial charge in [-0.3, -0.25) is 4.90 Å². The van der Waals surface area contributed by atoms with Crippen LogP contribution in [0.5, 0.6) is 5.75 Å². The maximum Gasteiger partial charge on any atom is 0.572 e. The number of benzene rings is 1. The van der Waals surface area contributed by atoms with Crippen molar-refractivity contribution < 1.29 is 22.6 Å². The molecule has 0 bridgehead atoms. The summed E-state index contributed by atoms with van der Waals surface area (Å²) in [6, 6.07) is 9.77. The van der Waals surface area contributed by atoms with Gasteiger partial charge in [0.25, 0.3) is 0 Å². The Kier molecular flexibility index (Phi) is 7.39. The summed E-state index contributed by atoms with van der Waals surface area (Å²) in [5.41, 5.74) is 0.669. The number of ether oxygens (including phenoxy) is 2. The van der Waals surface area contributed by atoms with Crippen molar-refractivity contribution in [3.8, 4) is 5.75 Å². The van der Waals surface area contributed by atoms with Gasteiger partial charge in [-0.15, -0.1) is 13.2 Å². The number of piperazine rings is 1. The Morgan fingerprint density at radius 1 is 0.929 bits per heavy atom. The second kappa shape index (κ2) is 9.98. The van der Waals surface area contributed by atoms with E-state index in [1.807, 2.05) is 36.4 Å². The average Bonchev–Trinajstić information content (AvgIpc) is 2.68. The molecule has 7 heteroatoms. The molecule has 1 aromatic carbocycles. The van der Waals surface area contributed by atoms with Crippen LogP contribution in [0.2, 0.25) is 0 Å². The Bertz CT molecular complexity index is 666. The average molecular weight is 396 g/mol. The summed E-state index contributed by atoms with van der Waals surface area (Å²) in [4.78, 5) is 4.66. The molecule has 0 amide bonds. The van der Waals surface area contributed by atoms with E-state index in [-0.39, 0.29) is 5.76 Å². The number of allylic oxidation sites excluding steroid dienone is 3. The first kappa shape index (κ1) is 20.7. The highest BCUT2D eigenvalue weighted by Crippen LogP contribution is 2.29. The van der Waals surface area contributed by atoms with Crippen LogP contribution in [-0.2, 0) is 4.74 Å². The van der Waals surface area contributed by atoms with Crippen LogP contribution < -0.4 is 4.74 Å². The molecular weight excluding hydrogens is 369 g/mol. The molecule has 1 aliphatic carbocycles. The number of hydrogen-bond donors (Lipinski definition) is 0. The summed E-state index contributed by atoms with van der Waals surface area (Å²) in [6.45, 7) is 5.99. The molecule has 1 fully saturated rings. The third-order valence-electron chi connectivity index (χ3n) is 5.04. The predicted octanol–water partition coefficient (Wildman–Crippen LogP) is 4.21. The van der Waals surface area contributed by atoms with Crippen LogP contribution in [0.1, 0.15) is 19.3 Å². The largest absolute Gasteiger partial charge is 0.572 e. The lowest BCUT2D eigenvalue weighted by atomic mass is 10.0. The van der Waals surface area contributed by atoms with Crippen LogP contribution >= 0.6 is 0 Å². The highest BCUT2D eigenvalue weighted by atomic mass is 19.4. The quantitative estimate of drug-likeness (QED) is 0.657. The fourth-order valence-corrected chi connectivity index (χ4v) is 3.50. The zero-order chi connectivity index (χ0) is 19.8. The first-order valence-electron chi connectivity index (χ1n) is 9.76. The molecule has 1 aromatic rings.